The predicted molar refractivity (Wildman–Crippen MR) is 81.7 cm³/mol. The molecule has 0 saturated carbocycles. The number of nitrogens with zero attached hydrogens (tertiary/aromatic N) is 1. The molecule has 1 aliphatic rings. The lowest BCUT2D eigenvalue weighted by atomic mass is 9.83. The molecule has 1 aromatic heterocycles. The molecule has 2 heterocycles. The van der Waals surface area contributed by atoms with Crippen molar-refractivity contribution in [3.8, 4) is 5.69 Å². The molecule has 0 amide bonds. The largest absolute Gasteiger partial charge is 0.280 e. The van der Waals surface area contributed by atoms with Crippen molar-refractivity contribution in [2.45, 2.75) is 19.3 Å². The van der Waals surface area contributed by atoms with Gasteiger partial charge >= 0.3 is 0 Å². The second-order valence-corrected chi connectivity index (χ2v) is 5.90. The minimum Gasteiger partial charge on any atom is -0.280 e. The molecule has 20 heavy (non-hydrogen) atoms. The van der Waals surface area contributed by atoms with E-state index >= 15 is 0 Å². The molecular weight excluding hydrogens is 246 g/mol. The lowest BCUT2D eigenvalue weighted by Crippen LogP contribution is -2.23. The normalized spacial score (nSPS) is 15.1. The van der Waals surface area contributed by atoms with Gasteiger partial charge in [-0.05, 0) is 29.1 Å². The van der Waals surface area contributed by atoms with Crippen LogP contribution in [-0.2, 0) is 5.41 Å². The van der Waals surface area contributed by atoms with E-state index in [2.05, 4.69) is 26.0 Å². The van der Waals surface area contributed by atoms with Gasteiger partial charge < -0.3 is 0 Å². The van der Waals surface area contributed by atoms with Gasteiger partial charge in [0.25, 0.3) is 5.56 Å². The fourth-order valence-corrected chi connectivity index (χ4v) is 3.29. The van der Waals surface area contributed by atoms with Crippen LogP contribution in [0.4, 0.5) is 0 Å². The Balaban J connectivity index is 2.24. The zero-order chi connectivity index (χ0) is 13.9. The number of para-hydroxylation sites is 1. The number of rotatable bonds is 0. The van der Waals surface area contributed by atoms with Crippen LogP contribution in [0.2, 0.25) is 0 Å². The molecular formula is C18H15NO. The SMILES string of the molecule is CC1(C)c2ccccc2-n2c1cc1ccccc1c2=O. The van der Waals surface area contributed by atoms with E-state index in [4.69, 9.17) is 0 Å². The van der Waals surface area contributed by atoms with Crippen molar-refractivity contribution in [3.05, 3.63) is 76.2 Å². The van der Waals surface area contributed by atoms with Crippen molar-refractivity contribution >= 4 is 10.8 Å². The van der Waals surface area contributed by atoms with E-state index < -0.39 is 0 Å². The predicted octanol–water partition coefficient (Wildman–Crippen LogP) is 3.63. The number of aromatic nitrogens is 1. The third kappa shape index (κ3) is 1.26. The highest BCUT2D eigenvalue weighted by atomic mass is 16.1. The van der Waals surface area contributed by atoms with Gasteiger partial charge in [0.2, 0.25) is 0 Å². The Labute approximate surface area is 117 Å². The lowest BCUT2D eigenvalue weighted by Gasteiger charge is -2.20. The minimum atomic E-state index is -0.139. The number of pyridine rings is 1. The first-order valence-electron chi connectivity index (χ1n) is 6.86. The van der Waals surface area contributed by atoms with E-state index in [1.54, 1.807) is 0 Å². The van der Waals surface area contributed by atoms with Gasteiger partial charge in [0, 0.05) is 16.5 Å². The highest BCUT2D eigenvalue weighted by Crippen LogP contribution is 2.41. The average Bonchev–Trinajstić information content (AvgIpc) is 2.69. The van der Waals surface area contributed by atoms with Crippen molar-refractivity contribution in [1.82, 2.24) is 4.57 Å². The molecule has 0 radical (unpaired) electrons. The van der Waals surface area contributed by atoms with Crippen LogP contribution in [0, 0.1) is 0 Å². The van der Waals surface area contributed by atoms with E-state index in [1.165, 1.54) is 5.56 Å². The van der Waals surface area contributed by atoms with Crippen LogP contribution in [0.5, 0.6) is 0 Å². The Kier molecular flexibility index (Phi) is 2.07. The fourth-order valence-electron chi connectivity index (χ4n) is 3.29. The Morgan fingerprint density at radius 1 is 0.950 bits per heavy atom. The third-order valence-corrected chi connectivity index (χ3v) is 4.39. The van der Waals surface area contributed by atoms with Crippen LogP contribution in [0.15, 0.2) is 59.4 Å². The van der Waals surface area contributed by atoms with Gasteiger partial charge in [0.1, 0.15) is 0 Å². The van der Waals surface area contributed by atoms with E-state index in [-0.39, 0.29) is 11.0 Å². The van der Waals surface area contributed by atoms with Gasteiger partial charge in [0.05, 0.1) is 5.69 Å². The first-order chi connectivity index (χ1) is 9.60. The highest BCUT2D eigenvalue weighted by molar-refractivity contribution is 5.83. The number of fused-ring (bicyclic) bond motifs is 4. The Bertz CT molecular complexity index is 903. The average molecular weight is 261 g/mol. The van der Waals surface area contributed by atoms with Gasteiger partial charge in [-0.3, -0.25) is 9.36 Å². The molecule has 98 valence electrons. The third-order valence-electron chi connectivity index (χ3n) is 4.39. The summed E-state index contributed by atoms with van der Waals surface area (Å²) < 4.78 is 1.87. The first-order valence-corrected chi connectivity index (χ1v) is 6.86. The minimum absolute atomic E-state index is 0.0797. The van der Waals surface area contributed by atoms with Gasteiger partial charge in [-0.15, -0.1) is 0 Å². The molecule has 0 saturated heterocycles. The summed E-state index contributed by atoms with van der Waals surface area (Å²) in [6.45, 7) is 4.36. The Hall–Kier alpha value is -2.35. The Morgan fingerprint density at radius 3 is 2.50 bits per heavy atom. The van der Waals surface area contributed by atoms with Crippen LogP contribution in [-0.4, -0.2) is 4.57 Å². The summed E-state index contributed by atoms with van der Waals surface area (Å²) in [7, 11) is 0. The van der Waals surface area contributed by atoms with Gasteiger partial charge in [0.15, 0.2) is 0 Å². The van der Waals surface area contributed by atoms with Crippen molar-refractivity contribution in [2.75, 3.05) is 0 Å². The molecule has 0 atom stereocenters. The summed E-state index contributed by atoms with van der Waals surface area (Å²) in [5.41, 5.74) is 3.24. The molecule has 2 heteroatoms. The monoisotopic (exact) mass is 261 g/mol. The summed E-state index contributed by atoms with van der Waals surface area (Å²) in [6, 6.07) is 18.1. The molecule has 0 aliphatic carbocycles. The molecule has 0 bridgehead atoms. The van der Waals surface area contributed by atoms with E-state index in [0.29, 0.717) is 0 Å². The molecule has 4 rings (SSSR count). The Morgan fingerprint density at radius 2 is 1.65 bits per heavy atom. The molecule has 0 N–H and O–H groups in total. The summed E-state index contributed by atoms with van der Waals surface area (Å²) >= 11 is 0. The highest BCUT2D eigenvalue weighted by Gasteiger charge is 2.36. The lowest BCUT2D eigenvalue weighted by molar-refractivity contribution is 0.637. The summed E-state index contributed by atoms with van der Waals surface area (Å²) in [4.78, 5) is 12.8. The van der Waals surface area contributed by atoms with Crippen LogP contribution < -0.4 is 5.56 Å². The zero-order valence-corrected chi connectivity index (χ0v) is 11.6. The number of hydrogen-bond acceptors (Lipinski definition) is 1. The van der Waals surface area contributed by atoms with Crippen LogP contribution in [0.25, 0.3) is 16.5 Å². The molecule has 3 aromatic rings. The van der Waals surface area contributed by atoms with Gasteiger partial charge in [-0.2, -0.15) is 0 Å². The van der Waals surface area contributed by atoms with E-state index in [1.807, 2.05) is 47.0 Å². The standard InChI is InChI=1S/C18H15NO/c1-18(2)14-9-5-6-10-15(14)19-16(18)11-12-7-3-4-8-13(12)17(19)20/h3-11H,1-2H3. The van der Waals surface area contributed by atoms with E-state index in [0.717, 1.165) is 22.2 Å². The van der Waals surface area contributed by atoms with Crippen LogP contribution in [0.1, 0.15) is 25.1 Å². The van der Waals surface area contributed by atoms with Gasteiger partial charge in [-0.25, -0.2) is 0 Å². The molecule has 0 unspecified atom stereocenters. The molecule has 1 aliphatic heterocycles. The molecule has 0 fully saturated rings. The van der Waals surface area contributed by atoms with Crippen molar-refractivity contribution in [3.63, 3.8) is 0 Å². The molecule has 0 spiro atoms. The summed E-state index contributed by atoms with van der Waals surface area (Å²) in [6.07, 6.45) is 0. The van der Waals surface area contributed by atoms with E-state index in [9.17, 15) is 4.79 Å². The maximum absolute atomic E-state index is 12.8. The van der Waals surface area contributed by atoms with Crippen molar-refractivity contribution < 1.29 is 0 Å². The second kappa shape index (κ2) is 3.60. The number of benzene rings is 2. The van der Waals surface area contributed by atoms with Crippen LogP contribution in [0.3, 0.4) is 0 Å². The molecule has 2 aromatic carbocycles. The quantitative estimate of drug-likeness (QED) is 0.605. The topological polar surface area (TPSA) is 22.0 Å². The smallest absolute Gasteiger partial charge is 0.263 e. The van der Waals surface area contributed by atoms with Crippen LogP contribution >= 0.6 is 0 Å². The van der Waals surface area contributed by atoms with Gasteiger partial charge in [-0.1, -0.05) is 50.2 Å². The first kappa shape index (κ1) is 11.5. The van der Waals surface area contributed by atoms with Crippen molar-refractivity contribution in [1.29, 1.82) is 0 Å². The molecule has 2 nitrogen and oxygen atoms in total. The summed E-state index contributed by atoms with van der Waals surface area (Å²) in [5.74, 6) is 0. The maximum Gasteiger partial charge on any atom is 0.263 e. The maximum atomic E-state index is 12.8. The number of hydrogen-bond donors (Lipinski definition) is 0. The van der Waals surface area contributed by atoms with Crippen molar-refractivity contribution in [2.24, 2.45) is 0 Å². The summed E-state index contributed by atoms with van der Waals surface area (Å²) in [5, 5.41) is 1.80. The second-order valence-electron chi connectivity index (χ2n) is 5.90. The fraction of sp³-hybridized carbons (Fsp3) is 0.167. The zero-order valence-electron chi connectivity index (χ0n) is 11.6.